The lowest BCUT2D eigenvalue weighted by Crippen LogP contribution is -3.00. The summed E-state index contributed by atoms with van der Waals surface area (Å²) in [4.78, 5) is 13.4. The number of rotatable bonds is 4. The molecule has 0 atom stereocenters. The van der Waals surface area contributed by atoms with Gasteiger partial charge in [0.25, 0.3) is 5.82 Å². The second-order valence-electron chi connectivity index (χ2n) is 4.84. The molecule has 22 heavy (non-hydrogen) atoms. The number of aromatic nitrogens is 4. The Kier molecular flexibility index (Phi) is 4.95. The van der Waals surface area contributed by atoms with Crippen molar-refractivity contribution in [2.24, 2.45) is 0 Å². The summed E-state index contributed by atoms with van der Waals surface area (Å²) >= 11 is 0. The van der Waals surface area contributed by atoms with Crippen molar-refractivity contribution >= 4 is 17.0 Å². The normalized spacial score (nSPS) is 10.5. The Morgan fingerprint density at radius 3 is 2.55 bits per heavy atom. The van der Waals surface area contributed by atoms with Gasteiger partial charge in [-0.2, -0.15) is 4.98 Å². The molecule has 0 aliphatic heterocycles. The maximum absolute atomic E-state index is 5.18. The van der Waals surface area contributed by atoms with Gasteiger partial charge in [-0.15, -0.1) is 0 Å². The van der Waals surface area contributed by atoms with E-state index in [4.69, 9.17) is 4.74 Å². The maximum atomic E-state index is 5.18. The minimum absolute atomic E-state index is 0. The zero-order valence-electron chi connectivity index (χ0n) is 12.7. The second-order valence-corrected chi connectivity index (χ2v) is 4.84. The molecule has 2 aromatic heterocycles. The lowest BCUT2D eigenvalue weighted by Gasteiger charge is -2.06. The first kappa shape index (κ1) is 16.2. The quantitative estimate of drug-likeness (QED) is 0.605. The predicted octanol–water partition coefficient (Wildman–Crippen LogP) is -1.98. The summed E-state index contributed by atoms with van der Waals surface area (Å²) in [7, 11) is 3.63. The predicted molar refractivity (Wildman–Crippen MR) is 79.7 cm³/mol. The van der Waals surface area contributed by atoms with Crippen molar-refractivity contribution in [1.29, 1.82) is 0 Å². The number of nitrogens with two attached hydrogens (primary N) is 1. The molecule has 0 saturated heterocycles. The van der Waals surface area contributed by atoms with Gasteiger partial charge in [-0.05, 0) is 24.6 Å². The molecule has 0 saturated carbocycles. The number of hydrogen-bond acceptors (Lipinski definition) is 4. The van der Waals surface area contributed by atoms with E-state index in [9.17, 15) is 0 Å². The number of nitrogens with zero attached hydrogens (tertiary/aromatic N) is 4. The minimum Gasteiger partial charge on any atom is -1.00 e. The highest BCUT2D eigenvalue weighted by Crippen LogP contribution is 2.18. The van der Waals surface area contributed by atoms with Crippen LogP contribution in [0, 0.1) is 6.92 Å². The monoisotopic (exact) mass is 319 g/mol. The number of imidazole rings is 1. The second kappa shape index (κ2) is 6.72. The van der Waals surface area contributed by atoms with Crippen LogP contribution in [0.25, 0.3) is 11.2 Å². The average Bonchev–Trinajstić information content (AvgIpc) is 2.90. The molecule has 116 valence electrons. The van der Waals surface area contributed by atoms with Gasteiger partial charge in [0.1, 0.15) is 11.6 Å². The van der Waals surface area contributed by atoms with Crippen LogP contribution in [-0.2, 0) is 6.54 Å². The molecule has 7 heteroatoms. The van der Waals surface area contributed by atoms with Crippen LogP contribution >= 0.6 is 0 Å². The summed E-state index contributed by atoms with van der Waals surface area (Å²) in [6.45, 7) is 2.62. The van der Waals surface area contributed by atoms with Crippen LogP contribution in [0.4, 0.5) is 5.82 Å². The van der Waals surface area contributed by atoms with Gasteiger partial charge in [-0.3, -0.25) is 5.32 Å². The van der Waals surface area contributed by atoms with Crippen LogP contribution in [0.3, 0.4) is 0 Å². The van der Waals surface area contributed by atoms with Crippen molar-refractivity contribution in [3.63, 3.8) is 0 Å². The van der Waals surface area contributed by atoms with Gasteiger partial charge in [-0.1, -0.05) is 12.1 Å². The third kappa shape index (κ3) is 3.03. The molecular formula is C15H18ClN5O. The fraction of sp³-hybridized carbons (Fsp3) is 0.267. The fourth-order valence-electron chi connectivity index (χ4n) is 2.32. The zero-order valence-corrected chi connectivity index (χ0v) is 13.5. The highest BCUT2D eigenvalue weighted by atomic mass is 35.5. The van der Waals surface area contributed by atoms with Gasteiger partial charge >= 0.3 is 0 Å². The van der Waals surface area contributed by atoms with E-state index < -0.39 is 0 Å². The summed E-state index contributed by atoms with van der Waals surface area (Å²) in [6, 6.07) is 8.01. The molecule has 2 N–H and O–H groups in total. The summed E-state index contributed by atoms with van der Waals surface area (Å²) in [5, 5.41) is 1.96. The number of hydrogen-bond donors (Lipinski definition) is 1. The highest BCUT2D eigenvalue weighted by Gasteiger charge is 2.13. The molecule has 1 aromatic carbocycles. The van der Waals surface area contributed by atoms with Crippen LogP contribution < -0.4 is 22.5 Å². The van der Waals surface area contributed by atoms with Gasteiger partial charge in [0, 0.05) is 0 Å². The molecule has 0 unspecified atom stereocenters. The Morgan fingerprint density at radius 1 is 1.18 bits per heavy atom. The summed E-state index contributed by atoms with van der Waals surface area (Å²) < 4.78 is 7.22. The standard InChI is InChI=1S/C15H17N5O.ClH/c1-10-18-14(16-2)13-15(19-10)20(9-17-13)8-11-4-6-12(21-3)7-5-11;/h4-7,9H,8H2,1-3H3,(H,16,18,19);1H. The van der Waals surface area contributed by atoms with Gasteiger partial charge in [0.2, 0.25) is 0 Å². The first-order valence-corrected chi connectivity index (χ1v) is 6.83. The van der Waals surface area contributed by atoms with E-state index in [1.165, 1.54) is 5.56 Å². The van der Waals surface area contributed by atoms with Crippen molar-refractivity contribution in [2.45, 2.75) is 13.5 Å². The topological polar surface area (TPSA) is 69.4 Å². The number of methoxy groups -OCH3 is 1. The SMILES string of the molecule is C[NH2+]c1nc(C)nc2c1ncn2Cc1ccc(OC)cc1.[Cl-]. The zero-order chi connectivity index (χ0) is 14.8. The maximum Gasteiger partial charge on any atom is 0.256 e. The molecule has 0 aliphatic carbocycles. The number of halogens is 1. The Morgan fingerprint density at radius 2 is 1.91 bits per heavy atom. The van der Waals surface area contributed by atoms with Crippen LogP contribution in [0.15, 0.2) is 30.6 Å². The van der Waals surface area contributed by atoms with Crippen LogP contribution in [0.1, 0.15) is 11.4 Å². The molecule has 0 spiro atoms. The molecule has 2 heterocycles. The van der Waals surface area contributed by atoms with Crippen LogP contribution in [0.2, 0.25) is 0 Å². The van der Waals surface area contributed by atoms with E-state index >= 15 is 0 Å². The van der Waals surface area contributed by atoms with Gasteiger partial charge in [0.05, 0.1) is 27.0 Å². The van der Waals surface area contributed by atoms with E-state index in [0.717, 1.165) is 35.1 Å². The molecule has 0 fully saturated rings. The number of ether oxygens (including phenoxy) is 1. The van der Waals surface area contributed by atoms with E-state index in [-0.39, 0.29) is 12.4 Å². The first-order chi connectivity index (χ1) is 10.2. The minimum atomic E-state index is 0. The molecule has 0 aliphatic rings. The first-order valence-electron chi connectivity index (χ1n) is 6.83. The molecule has 0 bridgehead atoms. The van der Waals surface area contributed by atoms with Gasteiger partial charge in [-0.25, -0.2) is 9.97 Å². The summed E-state index contributed by atoms with van der Waals surface area (Å²) in [5.74, 6) is 2.49. The van der Waals surface area contributed by atoms with E-state index in [1.54, 1.807) is 7.11 Å². The van der Waals surface area contributed by atoms with Crippen LogP contribution in [0.5, 0.6) is 5.75 Å². The Labute approximate surface area is 135 Å². The van der Waals surface area contributed by atoms with Crippen molar-refractivity contribution < 1.29 is 22.5 Å². The number of fused-ring (bicyclic) bond motifs is 1. The smallest absolute Gasteiger partial charge is 0.256 e. The van der Waals surface area contributed by atoms with Gasteiger partial charge < -0.3 is 21.7 Å². The van der Waals surface area contributed by atoms with E-state index in [0.29, 0.717) is 0 Å². The van der Waals surface area contributed by atoms with Crippen molar-refractivity contribution in [1.82, 2.24) is 19.5 Å². The highest BCUT2D eigenvalue weighted by molar-refractivity contribution is 5.78. The van der Waals surface area contributed by atoms with E-state index in [1.807, 2.05) is 54.4 Å². The molecule has 0 radical (unpaired) electrons. The molecule has 3 aromatic rings. The summed E-state index contributed by atoms with van der Waals surface area (Å²) in [6.07, 6.45) is 1.82. The Bertz CT molecular complexity index is 769. The lowest BCUT2D eigenvalue weighted by atomic mass is 10.2. The lowest BCUT2D eigenvalue weighted by molar-refractivity contribution is -0.541. The summed E-state index contributed by atoms with van der Waals surface area (Å²) in [5.41, 5.74) is 2.89. The van der Waals surface area contributed by atoms with Crippen molar-refractivity contribution in [3.05, 3.63) is 42.0 Å². The molecule has 0 amide bonds. The number of quaternary nitrogens is 1. The van der Waals surface area contributed by atoms with Crippen molar-refractivity contribution in [3.8, 4) is 5.75 Å². The third-order valence-electron chi connectivity index (χ3n) is 3.39. The average molecular weight is 320 g/mol. The van der Waals surface area contributed by atoms with Crippen molar-refractivity contribution in [2.75, 3.05) is 14.2 Å². The van der Waals surface area contributed by atoms with Gasteiger partial charge in [0.15, 0.2) is 11.2 Å². The molecule has 3 rings (SSSR count). The third-order valence-corrected chi connectivity index (χ3v) is 3.39. The fourth-order valence-corrected chi connectivity index (χ4v) is 2.32. The Hall–Kier alpha value is -2.18. The number of aryl methyl sites for hydroxylation is 1. The van der Waals surface area contributed by atoms with E-state index in [2.05, 4.69) is 15.0 Å². The van der Waals surface area contributed by atoms with Crippen LogP contribution in [-0.4, -0.2) is 33.7 Å². The number of benzene rings is 1. The Balaban J connectivity index is 0.00000176. The molecular weight excluding hydrogens is 302 g/mol. The largest absolute Gasteiger partial charge is 1.00 e. The molecule has 6 nitrogen and oxygen atoms in total.